The molecule has 1 aromatic heterocycles. The zero-order valence-corrected chi connectivity index (χ0v) is 12.4. The number of anilines is 1. The van der Waals surface area contributed by atoms with Crippen molar-refractivity contribution >= 4 is 5.69 Å². The zero-order valence-electron chi connectivity index (χ0n) is 12.4. The molecule has 1 aromatic carbocycles. The Hall–Kier alpha value is -2.46. The molecule has 0 aliphatic carbocycles. The normalized spacial score (nSPS) is 21.1. The molecule has 2 aromatic rings. The van der Waals surface area contributed by atoms with Crippen LogP contribution < -0.4 is 4.90 Å². The van der Waals surface area contributed by atoms with Gasteiger partial charge >= 0.3 is 0 Å². The quantitative estimate of drug-likeness (QED) is 0.939. The minimum absolute atomic E-state index is 0.0150. The van der Waals surface area contributed by atoms with Gasteiger partial charge in [0.15, 0.2) is 5.82 Å². The van der Waals surface area contributed by atoms with E-state index in [1.54, 1.807) is 19.2 Å². The van der Waals surface area contributed by atoms with Crippen molar-refractivity contribution in [2.75, 3.05) is 18.6 Å². The number of hydrogen-bond donors (Lipinski definition) is 1. The van der Waals surface area contributed by atoms with Gasteiger partial charge in [-0.2, -0.15) is 10.4 Å². The number of ether oxygens (including phenoxy) is 1. The van der Waals surface area contributed by atoms with Crippen LogP contribution in [0.2, 0.25) is 0 Å². The fourth-order valence-corrected chi connectivity index (χ4v) is 2.80. The van der Waals surface area contributed by atoms with Gasteiger partial charge in [-0.3, -0.25) is 5.10 Å². The molecule has 6 nitrogen and oxygen atoms in total. The first-order valence-corrected chi connectivity index (χ1v) is 7.00. The lowest BCUT2D eigenvalue weighted by Crippen LogP contribution is -2.26. The lowest BCUT2D eigenvalue weighted by molar-refractivity contribution is 0.118. The van der Waals surface area contributed by atoms with E-state index in [9.17, 15) is 4.39 Å². The molecule has 22 heavy (non-hydrogen) atoms. The molecule has 1 aliphatic heterocycles. The topological polar surface area (TPSA) is 77.8 Å². The Balaban J connectivity index is 1.97. The van der Waals surface area contributed by atoms with Crippen molar-refractivity contribution in [3.63, 3.8) is 0 Å². The number of nitrogens with zero attached hydrogens (tertiary/aromatic N) is 4. The molecule has 0 spiro atoms. The summed E-state index contributed by atoms with van der Waals surface area (Å²) in [5.41, 5.74) is 0.736. The average molecular weight is 301 g/mol. The van der Waals surface area contributed by atoms with Crippen molar-refractivity contribution in [2.45, 2.75) is 25.5 Å². The van der Waals surface area contributed by atoms with E-state index in [1.165, 1.54) is 6.07 Å². The smallest absolute Gasteiger partial charge is 0.173 e. The first-order valence-electron chi connectivity index (χ1n) is 7.00. The number of aromatic amines is 1. The highest BCUT2D eigenvalue weighted by Gasteiger charge is 2.36. The van der Waals surface area contributed by atoms with Gasteiger partial charge < -0.3 is 9.64 Å². The number of nitrogens with one attached hydrogen (secondary N) is 1. The summed E-state index contributed by atoms with van der Waals surface area (Å²) < 4.78 is 19.8. The van der Waals surface area contributed by atoms with E-state index >= 15 is 0 Å². The third-order valence-electron chi connectivity index (χ3n) is 3.89. The summed E-state index contributed by atoms with van der Waals surface area (Å²) in [6.07, 6.45) is 0.673. The summed E-state index contributed by atoms with van der Waals surface area (Å²) in [6, 6.07) is 6.26. The SMILES string of the molecule is CO[C@@H]1C[C@@H](c2n[nH]c(C)n2)N(c2ccc(C#N)cc2F)C1. The Bertz CT molecular complexity index is 723. The van der Waals surface area contributed by atoms with Gasteiger partial charge in [0, 0.05) is 20.1 Å². The van der Waals surface area contributed by atoms with Crippen LogP contribution in [0, 0.1) is 24.1 Å². The number of benzene rings is 1. The summed E-state index contributed by atoms with van der Waals surface area (Å²) in [5, 5.41) is 15.9. The van der Waals surface area contributed by atoms with Gasteiger partial charge in [-0.25, -0.2) is 9.37 Å². The van der Waals surface area contributed by atoms with E-state index in [-0.39, 0.29) is 12.1 Å². The molecule has 0 bridgehead atoms. The van der Waals surface area contributed by atoms with E-state index in [0.29, 0.717) is 30.0 Å². The molecule has 1 fully saturated rings. The minimum Gasteiger partial charge on any atom is -0.380 e. The Morgan fingerprint density at radius 2 is 2.32 bits per heavy atom. The molecule has 0 saturated carbocycles. The first kappa shape index (κ1) is 14.5. The molecule has 0 radical (unpaired) electrons. The third-order valence-corrected chi connectivity index (χ3v) is 3.89. The Kier molecular flexibility index (Phi) is 3.77. The molecule has 7 heteroatoms. The van der Waals surface area contributed by atoms with Crippen LogP contribution in [0.5, 0.6) is 0 Å². The van der Waals surface area contributed by atoms with E-state index in [1.807, 2.05) is 17.9 Å². The maximum absolute atomic E-state index is 14.3. The Morgan fingerprint density at radius 3 is 2.91 bits per heavy atom. The van der Waals surface area contributed by atoms with Crippen LogP contribution in [0.1, 0.15) is 29.7 Å². The largest absolute Gasteiger partial charge is 0.380 e. The van der Waals surface area contributed by atoms with Crippen molar-refractivity contribution in [3.05, 3.63) is 41.2 Å². The van der Waals surface area contributed by atoms with Crippen molar-refractivity contribution in [3.8, 4) is 6.07 Å². The number of H-pyrrole nitrogens is 1. The summed E-state index contributed by atoms with van der Waals surface area (Å²) in [4.78, 5) is 6.26. The zero-order chi connectivity index (χ0) is 15.7. The lowest BCUT2D eigenvalue weighted by atomic mass is 10.1. The number of halogens is 1. The van der Waals surface area contributed by atoms with E-state index in [0.717, 1.165) is 5.82 Å². The molecule has 114 valence electrons. The van der Waals surface area contributed by atoms with Crippen LogP contribution in [0.3, 0.4) is 0 Å². The molecule has 0 unspecified atom stereocenters. The molecule has 1 N–H and O–H groups in total. The third kappa shape index (κ3) is 2.53. The number of methoxy groups -OCH3 is 1. The summed E-state index contributed by atoms with van der Waals surface area (Å²) in [7, 11) is 1.64. The molecular weight excluding hydrogens is 285 g/mol. The Labute approximate surface area is 127 Å². The number of aryl methyl sites for hydroxylation is 1. The van der Waals surface area contributed by atoms with Gasteiger partial charge in [-0.1, -0.05) is 0 Å². The van der Waals surface area contributed by atoms with E-state index < -0.39 is 5.82 Å². The van der Waals surface area contributed by atoms with E-state index in [4.69, 9.17) is 10.00 Å². The predicted molar refractivity (Wildman–Crippen MR) is 77.7 cm³/mol. The fourth-order valence-electron chi connectivity index (χ4n) is 2.80. The molecule has 0 amide bonds. The van der Waals surface area contributed by atoms with Crippen molar-refractivity contribution in [1.82, 2.24) is 15.2 Å². The second-order valence-electron chi connectivity index (χ2n) is 5.32. The van der Waals surface area contributed by atoms with Gasteiger partial charge in [0.2, 0.25) is 0 Å². The van der Waals surface area contributed by atoms with Crippen LogP contribution in [0.4, 0.5) is 10.1 Å². The summed E-state index contributed by atoms with van der Waals surface area (Å²) >= 11 is 0. The lowest BCUT2D eigenvalue weighted by Gasteiger charge is -2.25. The highest BCUT2D eigenvalue weighted by molar-refractivity contribution is 5.53. The van der Waals surface area contributed by atoms with Crippen LogP contribution in [-0.4, -0.2) is 34.9 Å². The highest BCUT2D eigenvalue weighted by Crippen LogP contribution is 2.37. The minimum atomic E-state index is -0.423. The highest BCUT2D eigenvalue weighted by atomic mass is 19.1. The van der Waals surface area contributed by atoms with Gasteiger partial charge in [0.25, 0.3) is 0 Å². The number of nitriles is 1. The first-order chi connectivity index (χ1) is 10.6. The van der Waals surface area contributed by atoms with Gasteiger partial charge in [-0.05, 0) is 25.1 Å². The second-order valence-corrected chi connectivity index (χ2v) is 5.32. The van der Waals surface area contributed by atoms with Gasteiger partial charge in [0.05, 0.1) is 29.5 Å². The molecule has 2 heterocycles. The predicted octanol–water partition coefficient (Wildman–Crippen LogP) is 2.09. The standard InChI is InChI=1S/C15H16FN5O/c1-9-18-15(20-19-9)14-6-11(22-2)8-21(14)13-4-3-10(7-17)5-12(13)16/h3-5,11,14H,6,8H2,1-2H3,(H,18,19,20)/t11-,14+/m1/s1. The van der Waals surface area contributed by atoms with Crippen LogP contribution >= 0.6 is 0 Å². The average Bonchev–Trinajstić information content (AvgIpc) is 3.13. The summed E-state index contributed by atoms with van der Waals surface area (Å²) in [5.74, 6) is 0.921. The molecule has 1 saturated heterocycles. The fraction of sp³-hybridized carbons (Fsp3) is 0.400. The van der Waals surface area contributed by atoms with Crippen LogP contribution in [0.25, 0.3) is 0 Å². The van der Waals surface area contributed by atoms with Crippen LogP contribution in [-0.2, 0) is 4.74 Å². The number of aromatic nitrogens is 3. The molecule has 2 atom stereocenters. The molecular formula is C15H16FN5O. The van der Waals surface area contributed by atoms with Crippen molar-refractivity contribution in [1.29, 1.82) is 5.26 Å². The van der Waals surface area contributed by atoms with Crippen LogP contribution in [0.15, 0.2) is 18.2 Å². The maximum atomic E-state index is 14.3. The monoisotopic (exact) mass is 301 g/mol. The maximum Gasteiger partial charge on any atom is 0.173 e. The molecule has 1 aliphatic rings. The van der Waals surface area contributed by atoms with Gasteiger partial charge in [-0.15, -0.1) is 0 Å². The number of rotatable bonds is 3. The van der Waals surface area contributed by atoms with Crippen molar-refractivity contribution in [2.24, 2.45) is 0 Å². The van der Waals surface area contributed by atoms with E-state index in [2.05, 4.69) is 15.2 Å². The second kappa shape index (κ2) is 5.73. The van der Waals surface area contributed by atoms with Crippen molar-refractivity contribution < 1.29 is 9.13 Å². The Morgan fingerprint density at radius 1 is 1.50 bits per heavy atom. The van der Waals surface area contributed by atoms with Gasteiger partial charge in [0.1, 0.15) is 11.6 Å². The summed E-state index contributed by atoms with van der Waals surface area (Å²) in [6.45, 7) is 2.38. The number of hydrogen-bond acceptors (Lipinski definition) is 5. The molecule has 3 rings (SSSR count).